The Kier molecular flexibility index (Phi) is 8.38. The van der Waals surface area contributed by atoms with Crippen LogP contribution in [-0.4, -0.2) is 0 Å². The first-order chi connectivity index (χ1) is 35.0. The molecule has 0 radical (unpaired) electrons. The maximum atomic E-state index is 6.56. The largest absolute Gasteiger partial charge is 0.453 e. The Labute approximate surface area is 411 Å². The number of fused-ring (bicyclic) bond motifs is 12. The number of hydrogen-bond acceptors (Lipinski definition) is 4. The van der Waals surface area contributed by atoms with Crippen LogP contribution in [0.25, 0.3) is 76.5 Å². The summed E-state index contributed by atoms with van der Waals surface area (Å²) >= 11 is 0. The zero-order valence-corrected chi connectivity index (χ0v) is 39.2. The lowest BCUT2D eigenvalue weighted by atomic mass is 9.80. The molecule has 0 atom stereocenters. The molecule has 3 aliphatic rings. The van der Waals surface area contributed by atoms with Crippen molar-refractivity contribution in [3.63, 3.8) is 0 Å². The van der Waals surface area contributed by atoms with Gasteiger partial charge in [-0.2, -0.15) is 0 Å². The highest BCUT2D eigenvalue weighted by atomic mass is 16.5. The number of para-hydroxylation sites is 8. The van der Waals surface area contributed by atoms with Crippen LogP contribution in [0.3, 0.4) is 0 Å². The van der Waals surface area contributed by atoms with E-state index in [-0.39, 0.29) is 5.41 Å². The first-order valence-corrected chi connectivity index (χ1v) is 24.5. The van der Waals surface area contributed by atoms with E-state index in [9.17, 15) is 0 Å². The van der Waals surface area contributed by atoms with E-state index in [1.165, 1.54) is 87.6 Å². The molecule has 4 heteroatoms. The number of benzene rings is 12. The van der Waals surface area contributed by atoms with Crippen molar-refractivity contribution < 1.29 is 9.47 Å². The van der Waals surface area contributed by atoms with Gasteiger partial charge in [0.05, 0.1) is 22.7 Å². The molecule has 0 unspecified atom stereocenters. The molecule has 0 saturated carbocycles. The molecule has 12 aromatic rings. The molecule has 0 saturated heterocycles. The lowest BCUT2D eigenvalue weighted by Crippen LogP contribution is -2.16. The quantitative estimate of drug-likeness (QED) is 0.130. The van der Waals surface area contributed by atoms with Crippen LogP contribution in [0.15, 0.2) is 231 Å². The first kappa shape index (κ1) is 39.8. The van der Waals surface area contributed by atoms with Crippen LogP contribution in [0.4, 0.5) is 34.1 Å². The van der Waals surface area contributed by atoms with Crippen molar-refractivity contribution in [3.8, 4) is 56.4 Å². The monoisotopic (exact) mass is 908 g/mol. The van der Waals surface area contributed by atoms with E-state index in [4.69, 9.17) is 9.47 Å². The molecule has 0 bridgehead atoms. The van der Waals surface area contributed by atoms with Gasteiger partial charge in [-0.3, -0.25) is 0 Å². The van der Waals surface area contributed by atoms with Crippen molar-refractivity contribution in [1.29, 1.82) is 0 Å². The van der Waals surface area contributed by atoms with Crippen molar-refractivity contribution in [2.24, 2.45) is 0 Å². The van der Waals surface area contributed by atoms with Gasteiger partial charge in [0.25, 0.3) is 0 Å². The number of nitrogens with zero attached hydrogens (tertiary/aromatic N) is 2. The molecule has 0 N–H and O–H groups in total. The van der Waals surface area contributed by atoms with Crippen LogP contribution in [0.2, 0.25) is 0 Å². The van der Waals surface area contributed by atoms with E-state index in [2.05, 4.69) is 230 Å². The second-order valence-corrected chi connectivity index (χ2v) is 19.6. The van der Waals surface area contributed by atoms with Crippen LogP contribution in [0, 0.1) is 0 Å². The van der Waals surface area contributed by atoms with Crippen LogP contribution in [0.1, 0.15) is 25.0 Å². The molecule has 0 aromatic heterocycles. The molecule has 2 aliphatic heterocycles. The van der Waals surface area contributed by atoms with Gasteiger partial charge in [0.15, 0.2) is 23.0 Å². The topological polar surface area (TPSA) is 24.9 Å². The smallest absolute Gasteiger partial charge is 0.151 e. The first-order valence-electron chi connectivity index (χ1n) is 24.5. The molecule has 15 rings (SSSR count). The van der Waals surface area contributed by atoms with Gasteiger partial charge in [-0.25, -0.2) is 0 Å². The van der Waals surface area contributed by atoms with Crippen LogP contribution in [0.5, 0.6) is 23.0 Å². The maximum absolute atomic E-state index is 6.56. The summed E-state index contributed by atoms with van der Waals surface area (Å²) in [4.78, 5) is 4.73. The third kappa shape index (κ3) is 5.79. The lowest BCUT2D eigenvalue weighted by molar-refractivity contribution is 0.477. The predicted molar refractivity (Wildman–Crippen MR) is 294 cm³/mol. The van der Waals surface area contributed by atoms with Crippen LogP contribution >= 0.6 is 0 Å². The predicted octanol–water partition coefficient (Wildman–Crippen LogP) is 19.1. The molecule has 2 heterocycles. The highest BCUT2D eigenvalue weighted by Gasteiger charge is 2.36. The van der Waals surface area contributed by atoms with Gasteiger partial charge in [-0.1, -0.05) is 159 Å². The minimum Gasteiger partial charge on any atom is -0.453 e. The molecule has 0 fully saturated rings. The van der Waals surface area contributed by atoms with Gasteiger partial charge in [0.1, 0.15) is 0 Å². The molecule has 71 heavy (non-hydrogen) atoms. The minimum atomic E-state index is -0.186. The minimum absolute atomic E-state index is 0.186. The Bertz CT molecular complexity index is 4150. The van der Waals surface area contributed by atoms with Gasteiger partial charge in [-0.15, -0.1) is 0 Å². The Morgan fingerprint density at radius 3 is 1.38 bits per heavy atom. The van der Waals surface area contributed by atoms with E-state index in [0.29, 0.717) is 0 Å². The molecule has 334 valence electrons. The highest BCUT2D eigenvalue weighted by Crippen LogP contribution is 2.56. The summed E-state index contributed by atoms with van der Waals surface area (Å²) in [5.41, 5.74) is 16.0. The fourth-order valence-electron chi connectivity index (χ4n) is 12.2. The van der Waals surface area contributed by atoms with E-state index < -0.39 is 0 Å². The standard InChI is InChI=1S/C67H44N2O2/c1-67(2)55-22-8-7-21-48(55)49-34-31-42(38-56(49)67)65-50-35-32-44(69-59-25-11-15-29-63(59)71-64-30-16-12-26-60(64)69)40-54(50)66(52-37-41-17-3-4-18-45(41)46-19-5-6-20-47(46)52)51-36-33-43(39-53(51)65)68-57-23-9-13-27-61(57)70-62-28-14-10-24-58(62)68/h3-40H,1-2H3. The number of rotatable bonds is 4. The summed E-state index contributed by atoms with van der Waals surface area (Å²) < 4.78 is 13.1. The molecular formula is C67H44N2O2. The molecule has 4 nitrogen and oxygen atoms in total. The third-order valence-corrected chi connectivity index (χ3v) is 15.4. The number of ether oxygens (including phenoxy) is 2. The fraction of sp³-hybridized carbons (Fsp3) is 0.0448. The summed E-state index contributed by atoms with van der Waals surface area (Å²) in [5.74, 6) is 3.30. The normalized spacial score (nSPS) is 13.8. The number of hydrogen-bond donors (Lipinski definition) is 0. The van der Waals surface area contributed by atoms with Crippen molar-refractivity contribution in [1.82, 2.24) is 0 Å². The van der Waals surface area contributed by atoms with Crippen molar-refractivity contribution >= 4 is 77.2 Å². The van der Waals surface area contributed by atoms with Crippen LogP contribution in [-0.2, 0) is 5.41 Å². The van der Waals surface area contributed by atoms with Crippen molar-refractivity contribution in [2.75, 3.05) is 9.80 Å². The van der Waals surface area contributed by atoms with Gasteiger partial charge in [-0.05, 0) is 173 Å². The van der Waals surface area contributed by atoms with Gasteiger partial charge >= 0.3 is 0 Å². The number of anilines is 6. The average Bonchev–Trinajstić information content (AvgIpc) is 3.65. The Morgan fingerprint density at radius 1 is 0.310 bits per heavy atom. The summed E-state index contributed by atoms with van der Waals surface area (Å²) in [6.45, 7) is 4.75. The van der Waals surface area contributed by atoms with Crippen molar-refractivity contribution in [3.05, 3.63) is 242 Å². The second-order valence-electron chi connectivity index (χ2n) is 19.6. The van der Waals surface area contributed by atoms with Gasteiger partial charge < -0.3 is 19.3 Å². The average molecular weight is 909 g/mol. The molecule has 0 spiro atoms. The molecule has 1 aliphatic carbocycles. The van der Waals surface area contributed by atoms with Crippen molar-refractivity contribution in [2.45, 2.75) is 19.3 Å². The summed E-state index contributed by atoms with van der Waals surface area (Å²) in [6.07, 6.45) is 0. The van der Waals surface area contributed by atoms with E-state index in [1.54, 1.807) is 0 Å². The third-order valence-electron chi connectivity index (χ3n) is 15.4. The summed E-state index contributed by atoms with van der Waals surface area (Å²) in [7, 11) is 0. The Balaban J connectivity index is 1.09. The summed E-state index contributed by atoms with van der Waals surface area (Å²) in [5, 5.41) is 9.59. The van der Waals surface area contributed by atoms with E-state index in [0.717, 1.165) is 57.1 Å². The lowest BCUT2D eigenvalue weighted by Gasteiger charge is -2.33. The Hall–Kier alpha value is -9.12. The Morgan fingerprint density at radius 2 is 0.775 bits per heavy atom. The summed E-state index contributed by atoms with van der Waals surface area (Å²) in [6, 6.07) is 84.1. The van der Waals surface area contributed by atoms with E-state index >= 15 is 0 Å². The van der Waals surface area contributed by atoms with Crippen LogP contribution < -0.4 is 19.3 Å². The zero-order chi connectivity index (χ0) is 47.0. The SMILES string of the molecule is CC1(C)c2ccccc2-c2ccc(-c3c4cc(N5c6ccccc6Oc6ccccc65)ccc4c(-c4cc5ccccc5c5ccccc45)c4cc(N5c6ccccc6Oc6ccccc65)ccc34)cc21. The molecule has 0 amide bonds. The molecular weight excluding hydrogens is 865 g/mol. The van der Waals surface area contributed by atoms with Gasteiger partial charge in [0.2, 0.25) is 0 Å². The maximum Gasteiger partial charge on any atom is 0.151 e. The zero-order valence-electron chi connectivity index (χ0n) is 39.2. The second kappa shape index (κ2) is 14.9. The van der Waals surface area contributed by atoms with Gasteiger partial charge in [0, 0.05) is 16.8 Å². The fourth-order valence-corrected chi connectivity index (χ4v) is 12.2. The highest BCUT2D eigenvalue weighted by molar-refractivity contribution is 6.27. The molecule has 12 aromatic carbocycles. The van der Waals surface area contributed by atoms with E-state index in [1.807, 2.05) is 24.3 Å².